The lowest BCUT2D eigenvalue weighted by atomic mass is 10.2. The van der Waals surface area contributed by atoms with E-state index in [9.17, 15) is 0 Å². The number of fused-ring (bicyclic) bond motifs is 1. The number of hydrogen-bond donors (Lipinski definition) is 2. The van der Waals surface area contributed by atoms with E-state index in [2.05, 4.69) is 71.6 Å². The highest BCUT2D eigenvalue weighted by atomic mass is 32.2. The summed E-state index contributed by atoms with van der Waals surface area (Å²) in [5.41, 5.74) is 5.89. The first-order valence-electron chi connectivity index (χ1n) is 7.11. The van der Waals surface area contributed by atoms with Crippen molar-refractivity contribution in [1.82, 2.24) is 9.97 Å². The number of nitrogens with zero attached hydrogens (tertiary/aromatic N) is 1. The molecule has 0 saturated heterocycles. The number of para-hydroxylation sites is 1. The van der Waals surface area contributed by atoms with Crippen molar-refractivity contribution in [2.45, 2.75) is 19.0 Å². The second kappa shape index (κ2) is 6.22. The van der Waals surface area contributed by atoms with Crippen molar-refractivity contribution in [2.24, 2.45) is 0 Å². The summed E-state index contributed by atoms with van der Waals surface area (Å²) in [7, 11) is 0. The molecule has 3 nitrogen and oxygen atoms in total. The van der Waals surface area contributed by atoms with Crippen LogP contribution in [0.15, 0.2) is 47.6 Å². The number of anilines is 1. The van der Waals surface area contributed by atoms with Gasteiger partial charge in [0.15, 0.2) is 5.16 Å². The molecule has 0 fully saturated rings. The number of imidazole rings is 1. The Labute approximate surface area is 129 Å². The summed E-state index contributed by atoms with van der Waals surface area (Å²) in [6.07, 6.45) is 0. The minimum Gasteiger partial charge on any atom is -0.384 e. The van der Waals surface area contributed by atoms with Crippen molar-refractivity contribution < 1.29 is 0 Å². The van der Waals surface area contributed by atoms with Crippen LogP contribution in [-0.4, -0.2) is 22.3 Å². The first kappa shape index (κ1) is 14.0. The summed E-state index contributed by atoms with van der Waals surface area (Å²) in [4.78, 5) is 7.97. The maximum Gasteiger partial charge on any atom is 0.166 e. The highest BCUT2D eigenvalue weighted by Gasteiger charge is 2.03. The standard InChI is InChI=1S/C17H19N3S/c1-12-7-8-15-16(11-12)20-17(19-15)21-10-9-18-14-6-4-3-5-13(14)2/h3-8,11,18H,9-10H2,1-2H3,(H,19,20). The van der Waals surface area contributed by atoms with Crippen LogP contribution in [0, 0.1) is 13.8 Å². The first-order valence-corrected chi connectivity index (χ1v) is 8.09. The van der Waals surface area contributed by atoms with Crippen molar-refractivity contribution >= 4 is 28.5 Å². The molecule has 3 rings (SSSR count). The third-order valence-corrected chi connectivity index (χ3v) is 4.29. The van der Waals surface area contributed by atoms with Gasteiger partial charge in [0.05, 0.1) is 11.0 Å². The molecule has 108 valence electrons. The summed E-state index contributed by atoms with van der Waals surface area (Å²) in [6.45, 7) is 5.14. The van der Waals surface area contributed by atoms with E-state index in [4.69, 9.17) is 0 Å². The molecule has 0 aliphatic carbocycles. The van der Waals surface area contributed by atoms with Crippen molar-refractivity contribution in [3.8, 4) is 0 Å². The molecule has 1 aromatic heterocycles. The van der Waals surface area contributed by atoms with Gasteiger partial charge in [0.1, 0.15) is 0 Å². The number of aryl methyl sites for hydroxylation is 2. The van der Waals surface area contributed by atoms with Crippen LogP contribution >= 0.6 is 11.8 Å². The van der Waals surface area contributed by atoms with Crippen LogP contribution < -0.4 is 5.32 Å². The molecule has 2 aromatic carbocycles. The Morgan fingerprint density at radius 1 is 1.14 bits per heavy atom. The van der Waals surface area contributed by atoms with E-state index in [-0.39, 0.29) is 0 Å². The Kier molecular flexibility index (Phi) is 4.15. The summed E-state index contributed by atoms with van der Waals surface area (Å²) in [5.74, 6) is 0.979. The Morgan fingerprint density at radius 2 is 2.00 bits per heavy atom. The molecular formula is C17H19N3S. The van der Waals surface area contributed by atoms with E-state index in [1.165, 1.54) is 16.8 Å². The summed E-state index contributed by atoms with van der Waals surface area (Å²) < 4.78 is 0. The fourth-order valence-corrected chi connectivity index (χ4v) is 3.02. The average Bonchev–Trinajstić information content (AvgIpc) is 2.87. The highest BCUT2D eigenvalue weighted by molar-refractivity contribution is 7.99. The van der Waals surface area contributed by atoms with Crippen LogP contribution in [-0.2, 0) is 0 Å². The number of benzene rings is 2. The van der Waals surface area contributed by atoms with E-state index in [1.807, 2.05) is 0 Å². The molecule has 1 heterocycles. The summed E-state index contributed by atoms with van der Waals surface area (Å²) in [6, 6.07) is 14.7. The minimum atomic E-state index is 0.922. The lowest BCUT2D eigenvalue weighted by molar-refractivity contribution is 1.07. The van der Waals surface area contributed by atoms with Gasteiger partial charge >= 0.3 is 0 Å². The lowest BCUT2D eigenvalue weighted by Crippen LogP contribution is -2.05. The summed E-state index contributed by atoms with van der Waals surface area (Å²) in [5, 5.41) is 4.45. The first-order chi connectivity index (χ1) is 10.2. The number of H-pyrrole nitrogens is 1. The molecule has 0 unspecified atom stereocenters. The zero-order chi connectivity index (χ0) is 14.7. The molecule has 2 N–H and O–H groups in total. The molecule has 0 spiro atoms. The number of thioether (sulfide) groups is 1. The molecule has 0 aliphatic heterocycles. The number of hydrogen-bond acceptors (Lipinski definition) is 3. The normalized spacial score (nSPS) is 11.0. The highest BCUT2D eigenvalue weighted by Crippen LogP contribution is 2.20. The molecule has 0 aliphatic rings. The Morgan fingerprint density at radius 3 is 2.86 bits per heavy atom. The van der Waals surface area contributed by atoms with Crippen molar-refractivity contribution in [1.29, 1.82) is 0 Å². The third-order valence-electron chi connectivity index (χ3n) is 3.42. The Balaban J connectivity index is 1.56. The Hall–Kier alpha value is -1.94. The second-order valence-electron chi connectivity index (χ2n) is 5.15. The zero-order valence-corrected chi connectivity index (χ0v) is 13.1. The minimum absolute atomic E-state index is 0.922. The molecule has 0 amide bonds. The monoisotopic (exact) mass is 297 g/mol. The van der Waals surface area contributed by atoms with Gasteiger partial charge in [-0.05, 0) is 43.2 Å². The molecule has 0 bridgehead atoms. The van der Waals surface area contributed by atoms with Gasteiger partial charge in [-0.1, -0.05) is 36.0 Å². The molecular weight excluding hydrogens is 278 g/mol. The van der Waals surface area contributed by atoms with Crippen LogP contribution in [0.4, 0.5) is 5.69 Å². The maximum absolute atomic E-state index is 4.60. The predicted molar refractivity (Wildman–Crippen MR) is 91.2 cm³/mol. The van der Waals surface area contributed by atoms with E-state index in [0.717, 1.165) is 28.5 Å². The van der Waals surface area contributed by atoms with Gasteiger partial charge in [0, 0.05) is 18.0 Å². The van der Waals surface area contributed by atoms with Gasteiger partial charge in [0.2, 0.25) is 0 Å². The lowest BCUT2D eigenvalue weighted by Gasteiger charge is -2.08. The second-order valence-corrected chi connectivity index (χ2v) is 6.24. The summed E-state index contributed by atoms with van der Waals surface area (Å²) >= 11 is 1.75. The fourth-order valence-electron chi connectivity index (χ4n) is 2.27. The fraction of sp³-hybridized carbons (Fsp3) is 0.235. The molecule has 0 radical (unpaired) electrons. The number of aromatic nitrogens is 2. The van der Waals surface area contributed by atoms with Gasteiger partial charge in [-0.2, -0.15) is 0 Å². The number of rotatable bonds is 5. The Bertz CT molecular complexity index is 749. The molecule has 4 heteroatoms. The van der Waals surface area contributed by atoms with E-state index in [1.54, 1.807) is 11.8 Å². The number of aromatic amines is 1. The van der Waals surface area contributed by atoms with Gasteiger partial charge in [-0.15, -0.1) is 0 Å². The van der Waals surface area contributed by atoms with Crippen LogP contribution in [0.5, 0.6) is 0 Å². The molecule has 3 aromatic rings. The number of nitrogens with one attached hydrogen (secondary N) is 2. The van der Waals surface area contributed by atoms with E-state index in [0.29, 0.717) is 0 Å². The van der Waals surface area contributed by atoms with Crippen LogP contribution in [0.3, 0.4) is 0 Å². The van der Waals surface area contributed by atoms with Crippen molar-refractivity contribution in [2.75, 3.05) is 17.6 Å². The van der Waals surface area contributed by atoms with Gasteiger partial charge in [-0.25, -0.2) is 4.98 Å². The average molecular weight is 297 g/mol. The SMILES string of the molecule is Cc1ccc2nc(SCCNc3ccccc3C)[nH]c2c1. The zero-order valence-electron chi connectivity index (χ0n) is 12.3. The van der Waals surface area contributed by atoms with Gasteiger partial charge in [0.25, 0.3) is 0 Å². The van der Waals surface area contributed by atoms with E-state index < -0.39 is 0 Å². The van der Waals surface area contributed by atoms with E-state index >= 15 is 0 Å². The smallest absolute Gasteiger partial charge is 0.166 e. The largest absolute Gasteiger partial charge is 0.384 e. The van der Waals surface area contributed by atoms with Crippen molar-refractivity contribution in [3.05, 3.63) is 53.6 Å². The van der Waals surface area contributed by atoms with Crippen LogP contribution in [0.2, 0.25) is 0 Å². The molecule has 21 heavy (non-hydrogen) atoms. The molecule has 0 atom stereocenters. The van der Waals surface area contributed by atoms with Crippen LogP contribution in [0.25, 0.3) is 11.0 Å². The topological polar surface area (TPSA) is 40.7 Å². The molecule has 0 saturated carbocycles. The van der Waals surface area contributed by atoms with Crippen molar-refractivity contribution in [3.63, 3.8) is 0 Å². The quantitative estimate of drug-likeness (QED) is 0.542. The van der Waals surface area contributed by atoms with Crippen LogP contribution in [0.1, 0.15) is 11.1 Å². The predicted octanol–water partition coefficient (Wildman–Crippen LogP) is 4.38. The third kappa shape index (κ3) is 3.39. The maximum atomic E-state index is 4.60. The van der Waals surface area contributed by atoms with Gasteiger partial charge < -0.3 is 10.3 Å². The van der Waals surface area contributed by atoms with Gasteiger partial charge in [-0.3, -0.25) is 0 Å².